The zero-order chi connectivity index (χ0) is 16.1. The van der Waals surface area contributed by atoms with E-state index in [-0.39, 0.29) is 12.6 Å². The Kier molecular flexibility index (Phi) is 5.38. The van der Waals surface area contributed by atoms with E-state index in [1.807, 2.05) is 31.3 Å². The number of likely N-dealkylation sites (N-methyl/N-ethyl adjacent to an activating group) is 1. The Hall–Kier alpha value is -2.08. The van der Waals surface area contributed by atoms with Gasteiger partial charge in [-0.1, -0.05) is 12.1 Å². The molecule has 2 rings (SSSR count). The number of esters is 1. The molecule has 0 aromatic heterocycles. The third kappa shape index (κ3) is 3.57. The minimum absolute atomic E-state index is 0.0298. The van der Waals surface area contributed by atoms with Crippen molar-refractivity contribution in [2.45, 2.75) is 13.0 Å². The molecule has 0 saturated carbocycles. The molecule has 1 aliphatic rings. The lowest BCUT2D eigenvalue weighted by atomic mass is 10.0. The molecule has 1 aromatic rings. The van der Waals surface area contributed by atoms with E-state index in [1.165, 1.54) is 0 Å². The maximum Gasteiger partial charge on any atom is 0.397 e. The first-order valence-corrected chi connectivity index (χ1v) is 7.37. The Morgan fingerprint density at radius 1 is 1.32 bits per heavy atom. The van der Waals surface area contributed by atoms with Gasteiger partial charge in [0.25, 0.3) is 0 Å². The second-order valence-corrected chi connectivity index (χ2v) is 5.24. The number of benzene rings is 1. The molecule has 1 saturated heterocycles. The molecule has 120 valence electrons. The van der Waals surface area contributed by atoms with Crippen molar-refractivity contribution in [1.29, 1.82) is 0 Å². The second-order valence-electron chi connectivity index (χ2n) is 5.24. The predicted molar refractivity (Wildman–Crippen MR) is 81.6 cm³/mol. The van der Waals surface area contributed by atoms with Crippen LogP contribution < -0.4 is 4.74 Å². The zero-order valence-corrected chi connectivity index (χ0v) is 13.2. The van der Waals surface area contributed by atoms with Crippen LogP contribution in [0, 0.1) is 0 Å². The number of amides is 1. The van der Waals surface area contributed by atoms with Gasteiger partial charge in [-0.3, -0.25) is 9.69 Å². The maximum atomic E-state index is 12.1. The molecule has 0 radical (unpaired) electrons. The van der Waals surface area contributed by atoms with Gasteiger partial charge in [-0.05, 0) is 31.7 Å². The van der Waals surface area contributed by atoms with Crippen LogP contribution in [0.2, 0.25) is 0 Å². The van der Waals surface area contributed by atoms with Crippen molar-refractivity contribution in [3.05, 3.63) is 29.8 Å². The Morgan fingerprint density at radius 3 is 2.77 bits per heavy atom. The van der Waals surface area contributed by atoms with Gasteiger partial charge < -0.3 is 14.4 Å². The number of carbonyl (C=O) groups is 2. The number of hydrogen-bond donors (Lipinski definition) is 0. The molecule has 6 heteroatoms. The van der Waals surface area contributed by atoms with Gasteiger partial charge >= 0.3 is 11.9 Å². The van der Waals surface area contributed by atoms with E-state index < -0.39 is 11.9 Å². The molecule has 22 heavy (non-hydrogen) atoms. The smallest absolute Gasteiger partial charge is 0.397 e. The lowest BCUT2D eigenvalue weighted by Gasteiger charge is -2.39. The van der Waals surface area contributed by atoms with E-state index in [9.17, 15) is 9.59 Å². The summed E-state index contributed by atoms with van der Waals surface area (Å²) >= 11 is 0. The average molecular weight is 306 g/mol. The SMILES string of the molecule is CCOC(=O)C(=O)N1CCN(C)C(c2cccc(OC)c2)C1. The van der Waals surface area contributed by atoms with Gasteiger partial charge in [-0.15, -0.1) is 0 Å². The fourth-order valence-electron chi connectivity index (χ4n) is 2.59. The molecular weight excluding hydrogens is 284 g/mol. The Morgan fingerprint density at radius 2 is 2.09 bits per heavy atom. The number of hydrogen-bond acceptors (Lipinski definition) is 5. The quantitative estimate of drug-likeness (QED) is 0.618. The van der Waals surface area contributed by atoms with E-state index in [0.29, 0.717) is 19.6 Å². The Balaban J connectivity index is 2.14. The number of methoxy groups -OCH3 is 1. The molecule has 0 N–H and O–H groups in total. The highest BCUT2D eigenvalue weighted by Crippen LogP contribution is 2.26. The monoisotopic (exact) mass is 306 g/mol. The van der Waals surface area contributed by atoms with Gasteiger partial charge in [-0.2, -0.15) is 0 Å². The highest BCUT2D eigenvalue weighted by Gasteiger charge is 2.32. The third-order valence-corrected chi connectivity index (χ3v) is 3.86. The molecule has 1 unspecified atom stereocenters. The van der Waals surface area contributed by atoms with Crippen LogP contribution in [-0.2, 0) is 14.3 Å². The van der Waals surface area contributed by atoms with E-state index in [0.717, 1.165) is 11.3 Å². The molecule has 1 amide bonds. The van der Waals surface area contributed by atoms with Crippen LogP contribution in [0.3, 0.4) is 0 Å². The number of nitrogens with zero attached hydrogens (tertiary/aromatic N) is 2. The molecule has 0 aliphatic carbocycles. The minimum Gasteiger partial charge on any atom is -0.497 e. The maximum absolute atomic E-state index is 12.1. The van der Waals surface area contributed by atoms with Crippen molar-refractivity contribution in [1.82, 2.24) is 9.80 Å². The van der Waals surface area contributed by atoms with Gasteiger partial charge in [0.05, 0.1) is 19.8 Å². The summed E-state index contributed by atoms with van der Waals surface area (Å²) in [5.74, 6) is -0.570. The van der Waals surface area contributed by atoms with E-state index in [1.54, 1.807) is 18.9 Å². The number of carbonyl (C=O) groups excluding carboxylic acids is 2. The molecule has 0 spiro atoms. The number of ether oxygens (including phenoxy) is 2. The van der Waals surface area contributed by atoms with Gasteiger partial charge in [-0.25, -0.2) is 4.79 Å². The highest BCUT2D eigenvalue weighted by atomic mass is 16.5. The molecule has 1 aliphatic heterocycles. The summed E-state index contributed by atoms with van der Waals surface area (Å²) in [6, 6.07) is 7.80. The fraction of sp³-hybridized carbons (Fsp3) is 0.500. The van der Waals surface area contributed by atoms with Crippen LogP contribution in [0.5, 0.6) is 5.75 Å². The average Bonchev–Trinajstić information content (AvgIpc) is 2.55. The first kappa shape index (κ1) is 16.3. The molecule has 0 bridgehead atoms. The fourth-order valence-corrected chi connectivity index (χ4v) is 2.59. The summed E-state index contributed by atoms with van der Waals surface area (Å²) in [5, 5.41) is 0. The van der Waals surface area contributed by atoms with Gasteiger partial charge in [0, 0.05) is 19.6 Å². The molecule has 6 nitrogen and oxygen atoms in total. The molecule has 1 heterocycles. The summed E-state index contributed by atoms with van der Waals surface area (Å²) in [5.41, 5.74) is 1.06. The van der Waals surface area contributed by atoms with Crippen LogP contribution in [0.1, 0.15) is 18.5 Å². The van der Waals surface area contributed by atoms with Crippen molar-refractivity contribution >= 4 is 11.9 Å². The summed E-state index contributed by atoms with van der Waals surface area (Å²) in [4.78, 5) is 27.5. The number of rotatable bonds is 3. The van der Waals surface area contributed by atoms with Crippen LogP contribution in [0.4, 0.5) is 0 Å². The number of piperazine rings is 1. The van der Waals surface area contributed by atoms with Crippen LogP contribution in [0.15, 0.2) is 24.3 Å². The minimum atomic E-state index is -0.781. The van der Waals surface area contributed by atoms with Gasteiger partial charge in [0.1, 0.15) is 5.75 Å². The van der Waals surface area contributed by atoms with E-state index in [2.05, 4.69) is 4.90 Å². The van der Waals surface area contributed by atoms with Crippen LogP contribution >= 0.6 is 0 Å². The van der Waals surface area contributed by atoms with Crippen molar-refractivity contribution < 1.29 is 19.1 Å². The predicted octanol–water partition coefficient (Wildman–Crippen LogP) is 1.07. The van der Waals surface area contributed by atoms with E-state index >= 15 is 0 Å². The summed E-state index contributed by atoms with van der Waals surface area (Å²) < 4.78 is 10.0. The normalized spacial score (nSPS) is 18.9. The topological polar surface area (TPSA) is 59.1 Å². The van der Waals surface area contributed by atoms with Crippen LogP contribution in [0.25, 0.3) is 0 Å². The molecule has 1 atom stereocenters. The standard InChI is InChI=1S/C16H22N2O4/c1-4-22-16(20)15(19)18-9-8-17(2)14(11-18)12-6-5-7-13(10-12)21-3/h5-7,10,14H,4,8-9,11H2,1-3H3. The lowest BCUT2D eigenvalue weighted by Crippen LogP contribution is -2.51. The summed E-state index contributed by atoms with van der Waals surface area (Å²) in [6.45, 7) is 3.58. The zero-order valence-electron chi connectivity index (χ0n) is 13.2. The Bertz CT molecular complexity index is 547. The molecule has 1 fully saturated rings. The Labute approximate surface area is 130 Å². The first-order valence-electron chi connectivity index (χ1n) is 7.37. The lowest BCUT2D eigenvalue weighted by molar-refractivity contribution is -0.161. The van der Waals surface area contributed by atoms with Crippen molar-refractivity contribution in [3.63, 3.8) is 0 Å². The third-order valence-electron chi connectivity index (χ3n) is 3.86. The van der Waals surface area contributed by atoms with Crippen LogP contribution in [-0.4, -0.2) is 62.1 Å². The van der Waals surface area contributed by atoms with Gasteiger partial charge in [0.15, 0.2) is 0 Å². The largest absolute Gasteiger partial charge is 0.497 e. The molecule has 1 aromatic carbocycles. The van der Waals surface area contributed by atoms with Crippen molar-refractivity contribution in [2.75, 3.05) is 40.4 Å². The highest BCUT2D eigenvalue weighted by molar-refractivity contribution is 6.32. The van der Waals surface area contributed by atoms with Gasteiger partial charge in [0.2, 0.25) is 0 Å². The first-order chi connectivity index (χ1) is 10.6. The second kappa shape index (κ2) is 7.26. The van der Waals surface area contributed by atoms with Crippen molar-refractivity contribution in [2.24, 2.45) is 0 Å². The van der Waals surface area contributed by atoms with E-state index in [4.69, 9.17) is 9.47 Å². The summed E-state index contributed by atoms with van der Waals surface area (Å²) in [7, 11) is 3.64. The van der Waals surface area contributed by atoms with Crippen molar-refractivity contribution in [3.8, 4) is 5.75 Å². The molecular formula is C16H22N2O4. The summed E-state index contributed by atoms with van der Waals surface area (Å²) in [6.07, 6.45) is 0.